The minimum Gasteiger partial charge on any atom is -0.406 e. The van der Waals surface area contributed by atoms with E-state index >= 15 is 0 Å². The van der Waals surface area contributed by atoms with Crippen molar-refractivity contribution in [1.82, 2.24) is 4.98 Å². The number of nitrogens with one attached hydrogen (secondary N) is 1. The normalized spacial score (nSPS) is 11.0. The quantitative estimate of drug-likeness (QED) is 0.942. The molecule has 21 heavy (non-hydrogen) atoms. The van der Waals surface area contributed by atoms with Crippen LogP contribution in [0.1, 0.15) is 15.9 Å². The second-order valence-corrected chi connectivity index (χ2v) is 4.25. The highest BCUT2D eigenvalue weighted by molar-refractivity contribution is 6.03. The predicted octanol–water partition coefficient (Wildman–Crippen LogP) is 3.54. The van der Waals surface area contributed by atoms with E-state index in [1.807, 2.05) is 6.92 Å². The van der Waals surface area contributed by atoms with Crippen LogP contribution in [-0.4, -0.2) is 17.3 Å². The topological polar surface area (TPSA) is 51.2 Å². The summed E-state index contributed by atoms with van der Waals surface area (Å²) in [5.74, 6) is -0.487. The second kappa shape index (κ2) is 5.82. The zero-order chi connectivity index (χ0) is 15.5. The van der Waals surface area contributed by atoms with Gasteiger partial charge in [0.1, 0.15) is 11.6 Å². The van der Waals surface area contributed by atoms with Gasteiger partial charge in [0, 0.05) is 11.8 Å². The highest BCUT2D eigenvalue weighted by Crippen LogP contribution is 2.22. The molecule has 0 saturated heterocycles. The number of benzene rings is 1. The third-order valence-electron chi connectivity index (χ3n) is 2.50. The molecule has 1 heterocycles. The average Bonchev–Trinajstić information content (AvgIpc) is 2.40. The fourth-order valence-electron chi connectivity index (χ4n) is 1.54. The molecule has 0 spiro atoms. The third kappa shape index (κ3) is 4.48. The van der Waals surface area contributed by atoms with Crippen LogP contribution in [0.25, 0.3) is 0 Å². The number of rotatable bonds is 3. The van der Waals surface area contributed by atoms with Gasteiger partial charge in [0.2, 0.25) is 0 Å². The maximum absolute atomic E-state index is 12.0. The summed E-state index contributed by atoms with van der Waals surface area (Å²) in [6.07, 6.45) is -3.16. The van der Waals surface area contributed by atoms with Gasteiger partial charge in [0.05, 0.1) is 0 Å². The first-order chi connectivity index (χ1) is 9.83. The number of aryl methyl sites for hydroxylation is 1. The van der Waals surface area contributed by atoms with E-state index in [2.05, 4.69) is 15.0 Å². The van der Waals surface area contributed by atoms with Gasteiger partial charge < -0.3 is 10.1 Å². The van der Waals surface area contributed by atoms with Crippen molar-refractivity contribution in [1.29, 1.82) is 0 Å². The van der Waals surface area contributed by atoms with E-state index in [-0.39, 0.29) is 11.3 Å². The molecule has 0 bridgehead atoms. The van der Waals surface area contributed by atoms with E-state index in [9.17, 15) is 18.0 Å². The Bertz CT molecular complexity index is 622. The Balaban J connectivity index is 2.04. The Morgan fingerprint density at radius 3 is 2.33 bits per heavy atom. The van der Waals surface area contributed by atoms with Gasteiger partial charge in [-0.1, -0.05) is 6.07 Å². The smallest absolute Gasteiger partial charge is 0.406 e. The van der Waals surface area contributed by atoms with Crippen molar-refractivity contribution in [3.63, 3.8) is 0 Å². The molecular weight excluding hydrogens is 285 g/mol. The summed E-state index contributed by atoms with van der Waals surface area (Å²) in [4.78, 5) is 15.9. The van der Waals surface area contributed by atoms with E-state index in [1.165, 1.54) is 12.1 Å². The number of anilines is 1. The van der Waals surface area contributed by atoms with E-state index < -0.39 is 12.3 Å². The lowest BCUT2D eigenvalue weighted by atomic mass is 10.2. The molecule has 0 atom stereocenters. The molecule has 0 aliphatic carbocycles. The largest absolute Gasteiger partial charge is 0.573 e. The monoisotopic (exact) mass is 296 g/mol. The van der Waals surface area contributed by atoms with Gasteiger partial charge in [-0.15, -0.1) is 13.2 Å². The summed E-state index contributed by atoms with van der Waals surface area (Å²) in [5, 5.41) is 2.54. The number of carbonyl (C=O) groups excluding carboxylic acids is 1. The fraction of sp³-hybridized carbons (Fsp3) is 0.143. The lowest BCUT2D eigenvalue weighted by Crippen LogP contribution is -2.17. The maximum atomic E-state index is 12.0. The van der Waals surface area contributed by atoms with Gasteiger partial charge in [-0.2, -0.15) is 0 Å². The van der Waals surface area contributed by atoms with Crippen molar-refractivity contribution in [2.45, 2.75) is 13.3 Å². The van der Waals surface area contributed by atoms with Crippen LogP contribution in [-0.2, 0) is 0 Å². The molecule has 4 nitrogen and oxygen atoms in total. The molecule has 1 amide bonds. The van der Waals surface area contributed by atoms with Crippen molar-refractivity contribution < 1.29 is 22.7 Å². The first kappa shape index (κ1) is 14.8. The number of carbonyl (C=O) groups is 1. The molecule has 0 fully saturated rings. The summed E-state index contributed by atoms with van der Waals surface area (Å²) in [7, 11) is 0. The summed E-state index contributed by atoms with van der Waals surface area (Å²) in [6, 6.07) is 8.04. The Kier molecular flexibility index (Phi) is 4.11. The Hall–Kier alpha value is -2.57. The van der Waals surface area contributed by atoms with Crippen molar-refractivity contribution in [2.75, 3.05) is 5.32 Å². The van der Waals surface area contributed by atoms with Gasteiger partial charge in [0.25, 0.3) is 5.91 Å². The van der Waals surface area contributed by atoms with Crippen molar-refractivity contribution >= 4 is 11.7 Å². The van der Waals surface area contributed by atoms with Crippen molar-refractivity contribution in [3.8, 4) is 5.75 Å². The van der Waals surface area contributed by atoms with E-state index in [4.69, 9.17) is 0 Å². The minimum absolute atomic E-state index is 0.201. The number of aromatic nitrogens is 1. The fourth-order valence-corrected chi connectivity index (χ4v) is 1.54. The van der Waals surface area contributed by atoms with Crippen LogP contribution in [0.15, 0.2) is 42.6 Å². The molecule has 1 aromatic carbocycles. The van der Waals surface area contributed by atoms with Crippen LogP contribution in [0.5, 0.6) is 5.75 Å². The van der Waals surface area contributed by atoms with Gasteiger partial charge in [-0.25, -0.2) is 4.98 Å². The van der Waals surface area contributed by atoms with Crippen LogP contribution in [0.4, 0.5) is 19.0 Å². The van der Waals surface area contributed by atoms with Crippen LogP contribution < -0.4 is 10.1 Å². The summed E-state index contributed by atoms with van der Waals surface area (Å²) >= 11 is 0. The SMILES string of the molecule is Cc1ccc(NC(=O)c2ccc(OC(F)(F)F)cc2)nc1. The number of amides is 1. The van der Waals surface area contributed by atoms with Gasteiger partial charge >= 0.3 is 6.36 Å². The molecule has 2 rings (SSSR count). The molecule has 1 N–H and O–H groups in total. The lowest BCUT2D eigenvalue weighted by Gasteiger charge is -2.09. The summed E-state index contributed by atoms with van der Waals surface area (Å²) < 4.78 is 39.8. The predicted molar refractivity (Wildman–Crippen MR) is 70.1 cm³/mol. The number of nitrogens with zero attached hydrogens (tertiary/aromatic N) is 1. The number of hydrogen-bond acceptors (Lipinski definition) is 3. The summed E-state index contributed by atoms with van der Waals surface area (Å²) in [5.41, 5.74) is 1.15. The Morgan fingerprint density at radius 2 is 1.81 bits per heavy atom. The van der Waals surface area contributed by atoms with Gasteiger partial charge in [0.15, 0.2) is 0 Å². The minimum atomic E-state index is -4.75. The zero-order valence-corrected chi connectivity index (χ0v) is 10.9. The molecule has 0 aliphatic rings. The number of halogens is 3. The number of alkyl halides is 3. The molecule has 0 saturated carbocycles. The maximum Gasteiger partial charge on any atom is 0.573 e. The van der Waals surface area contributed by atoms with Crippen LogP contribution in [0.3, 0.4) is 0 Å². The molecule has 0 aliphatic heterocycles. The summed E-state index contributed by atoms with van der Waals surface area (Å²) in [6.45, 7) is 1.86. The molecule has 0 radical (unpaired) electrons. The molecular formula is C14H11F3N2O2. The first-order valence-corrected chi connectivity index (χ1v) is 5.93. The molecule has 110 valence electrons. The zero-order valence-electron chi connectivity index (χ0n) is 10.9. The number of hydrogen-bond donors (Lipinski definition) is 1. The van der Waals surface area contributed by atoms with E-state index in [1.54, 1.807) is 18.3 Å². The first-order valence-electron chi connectivity index (χ1n) is 5.93. The average molecular weight is 296 g/mol. The Morgan fingerprint density at radius 1 is 1.14 bits per heavy atom. The van der Waals surface area contributed by atoms with Crippen molar-refractivity contribution in [2.24, 2.45) is 0 Å². The lowest BCUT2D eigenvalue weighted by molar-refractivity contribution is -0.274. The molecule has 2 aromatic rings. The van der Waals surface area contributed by atoms with Crippen molar-refractivity contribution in [3.05, 3.63) is 53.7 Å². The number of pyridine rings is 1. The second-order valence-electron chi connectivity index (χ2n) is 4.25. The van der Waals surface area contributed by atoms with Crippen LogP contribution >= 0.6 is 0 Å². The van der Waals surface area contributed by atoms with Crippen LogP contribution in [0, 0.1) is 6.92 Å². The van der Waals surface area contributed by atoms with Crippen LogP contribution in [0.2, 0.25) is 0 Å². The van der Waals surface area contributed by atoms with Gasteiger partial charge in [-0.05, 0) is 42.8 Å². The standard InChI is InChI=1S/C14H11F3N2O2/c1-9-2-7-12(18-8-9)19-13(20)10-3-5-11(6-4-10)21-14(15,16)17/h2-8H,1H3,(H,18,19,20). The van der Waals surface area contributed by atoms with E-state index in [0.29, 0.717) is 5.82 Å². The highest BCUT2D eigenvalue weighted by Gasteiger charge is 2.31. The molecule has 1 aromatic heterocycles. The van der Waals surface area contributed by atoms with E-state index in [0.717, 1.165) is 17.7 Å². The third-order valence-corrected chi connectivity index (χ3v) is 2.50. The molecule has 7 heteroatoms. The number of ether oxygens (including phenoxy) is 1. The molecule has 0 unspecified atom stereocenters. The Labute approximate surface area is 118 Å². The highest BCUT2D eigenvalue weighted by atomic mass is 19.4. The van der Waals surface area contributed by atoms with Gasteiger partial charge in [-0.3, -0.25) is 4.79 Å².